The lowest BCUT2D eigenvalue weighted by Gasteiger charge is -1.92. The van der Waals surface area contributed by atoms with E-state index in [1.54, 1.807) is 19.2 Å². The molecule has 0 unspecified atom stereocenters. The Bertz CT molecular complexity index is 84.1. The lowest BCUT2D eigenvalue weighted by atomic mass is 10.5. The van der Waals surface area contributed by atoms with E-state index in [-0.39, 0.29) is 0 Å². The summed E-state index contributed by atoms with van der Waals surface area (Å²) in [5.74, 6) is 0.634. The SMILES string of the molecule is C=C/C=C(/N)NC. The first-order valence-electron chi connectivity index (χ1n) is 2.07. The monoisotopic (exact) mass is 98.1 g/mol. The maximum atomic E-state index is 5.26. The highest BCUT2D eigenvalue weighted by Gasteiger charge is 1.71. The lowest BCUT2D eigenvalue weighted by molar-refractivity contribution is 0.966. The van der Waals surface area contributed by atoms with E-state index in [1.807, 2.05) is 0 Å². The van der Waals surface area contributed by atoms with Crippen LogP contribution in [0, 0.1) is 0 Å². The van der Waals surface area contributed by atoms with Crippen LogP contribution in [0.5, 0.6) is 0 Å². The van der Waals surface area contributed by atoms with Crippen LogP contribution in [0.1, 0.15) is 0 Å². The van der Waals surface area contributed by atoms with E-state index in [2.05, 4.69) is 11.9 Å². The molecule has 0 heterocycles. The van der Waals surface area contributed by atoms with Gasteiger partial charge in [0.1, 0.15) is 0 Å². The van der Waals surface area contributed by atoms with E-state index in [0.717, 1.165) is 0 Å². The molecule has 7 heavy (non-hydrogen) atoms. The Morgan fingerprint density at radius 2 is 2.43 bits per heavy atom. The van der Waals surface area contributed by atoms with E-state index in [0.29, 0.717) is 5.82 Å². The minimum atomic E-state index is 0.634. The second-order valence-corrected chi connectivity index (χ2v) is 1.11. The van der Waals surface area contributed by atoms with Gasteiger partial charge in [-0.3, -0.25) is 0 Å². The predicted octanol–water partition coefficient (Wildman–Crippen LogP) is 0.192. The first kappa shape index (κ1) is 6.08. The fourth-order valence-corrected chi connectivity index (χ4v) is 0.210. The number of allylic oxidation sites excluding steroid dienone is 2. The van der Waals surface area contributed by atoms with E-state index in [1.165, 1.54) is 0 Å². The molecule has 0 saturated carbocycles. The molecule has 0 spiro atoms. The smallest absolute Gasteiger partial charge is 0.0957 e. The van der Waals surface area contributed by atoms with Gasteiger partial charge in [-0.05, 0) is 6.08 Å². The third kappa shape index (κ3) is 2.89. The molecule has 0 bridgehead atoms. The van der Waals surface area contributed by atoms with Gasteiger partial charge >= 0.3 is 0 Å². The minimum Gasteiger partial charge on any atom is -0.386 e. The summed E-state index contributed by atoms with van der Waals surface area (Å²) in [6, 6.07) is 0. The van der Waals surface area contributed by atoms with Crippen LogP contribution >= 0.6 is 0 Å². The van der Waals surface area contributed by atoms with Crippen LogP contribution in [-0.2, 0) is 0 Å². The molecule has 2 nitrogen and oxygen atoms in total. The zero-order valence-corrected chi connectivity index (χ0v) is 4.44. The Morgan fingerprint density at radius 1 is 1.86 bits per heavy atom. The van der Waals surface area contributed by atoms with Gasteiger partial charge in [-0.25, -0.2) is 0 Å². The molecule has 0 rings (SSSR count). The normalized spacial score (nSPS) is 10.7. The third-order valence-electron chi connectivity index (χ3n) is 0.586. The standard InChI is InChI=1S/C5H10N2/c1-3-4-5(6)7-2/h3-4,7H,1,6H2,2H3/b5-4-. The van der Waals surface area contributed by atoms with Crippen LogP contribution in [0.4, 0.5) is 0 Å². The third-order valence-corrected chi connectivity index (χ3v) is 0.586. The fourth-order valence-electron chi connectivity index (χ4n) is 0.210. The second kappa shape index (κ2) is 3.28. The Kier molecular flexibility index (Phi) is 2.85. The molecule has 0 aromatic rings. The lowest BCUT2D eigenvalue weighted by Crippen LogP contribution is -2.13. The summed E-state index contributed by atoms with van der Waals surface area (Å²) in [7, 11) is 1.76. The quantitative estimate of drug-likeness (QED) is 0.484. The molecular formula is C5H10N2. The number of hydrogen-bond donors (Lipinski definition) is 2. The summed E-state index contributed by atoms with van der Waals surface area (Å²) in [4.78, 5) is 0. The highest BCUT2D eigenvalue weighted by atomic mass is 14.9. The highest BCUT2D eigenvalue weighted by Crippen LogP contribution is 1.72. The number of nitrogens with two attached hydrogens (primary N) is 1. The molecule has 0 atom stereocenters. The van der Waals surface area contributed by atoms with Crippen molar-refractivity contribution in [3.8, 4) is 0 Å². The van der Waals surface area contributed by atoms with Crippen molar-refractivity contribution in [2.45, 2.75) is 0 Å². The van der Waals surface area contributed by atoms with Gasteiger partial charge in [0.25, 0.3) is 0 Å². The molecular weight excluding hydrogens is 88.1 g/mol. The maximum Gasteiger partial charge on any atom is 0.0957 e. The van der Waals surface area contributed by atoms with Crippen molar-refractivity contribution in [3.05, 3.63) is 24.6 Å². The summed E-state index contributed by atoms with van der Waals surface area (Å²) in [6.07, 6.45) is 3.33. The topological polar surface area (TPSA) is 38.0 Å². The molecule has 0 radical (unpaired) electrons. The van der Waals surface area contributed by atoms with Gasteiger partial charge in [0.05, 0.1) is 5.82 Å². The molecule has 40 valence electrons. The van der Waals surface area contributed by atoms with Gasteiger partial charge in [0, 0.05) is 7.05 Å². The zero-order chi connectivity index (χ0) is 5.70. The molecule has 0 amide bonds. The molecule has 0 aliphatic rings. The van der Waals surface area contributed by atoms with Crippen LogP contribution in [0.2, 0.25) is 0 Å². The van der Waals surface area contributed by atoms with E-state index in [9.17, 15) is 0 Å². The van der Waals surface area contributed by atoms with Crippen molar-refractivity contribution in [1.29, 1.82) is 0 Å². The summed E-state index contributed by atoms with van der Waals surface area (Å²) in [5.41, 5.74) is 5.26. The minimum absolute atomic E-state index is 0.634. The van der Waals surface area contributed by atoms with Gasteiger partial charge in [0.15, 0.2) is 0 Å². The van der Waals surface area contributed by atoms with Gasteiger partial charge < -0.3 is 11.1 Å². The van der Waals surface area contributed by atoms with Crippen LogP contribution < -0.4 is 11.1 Å². The van der Waals surface area contributed by atoms with Gasteiger partial charge in [-0.2, -0.15) is 0 Å². The first-order valence-corrected chi connectivity index (χ1v) is 2.07. The Balaban J connectivity index is 3.49. The molecule has 0 aromatic heterocycles. The van der Waals surface area contributed by atoms with Crippen molar-refractivity contribution < 1.29 is 0 Å². The Labute approximate surface area is 43.7 Å². The first-order chi connectivity index (χ1) is 3.31. The van der Waals surface area contributed by atoms with Crippen LogP contribution in [0.25, 0.3) is 0 Å². The van der Waals surface area contributed by atoms with Gasteiger partial charge in [-0.1, -0.05) is 12.7 Å². The molecule has 3 N–H and O–H groups in total. The molecule has 0 fully saturated rings. The Hall–Kier alpha value is -0.920. The van der Waals surface area contributed by atoms with Crippen LogP contribution in [-0.4, -0.2) is 7.05 Å². The molecule has 0 aliphatic carbocycles. The largest absolute Gasteiger partial charge is 0.386 e. The molecule has 0 aromatic carbocycles. The molecule has 0 aliphatic heterocycles. The van der Waals surface area contributed by atoms with Crippen LogP contribution in [0.15, 0.2) is 24.6 Å². The highest BCUT2D eigenvalue weighted by molar-refractivity contribution is 5.03. The average Bonchev–Trinajstić information content (AvgIpc) is 1.68. The van der Waals surface area contributed by atoms with Crippen molar-refractivity contribution in [3.63, 3.8) is 0 Å². The molecule has 2 heteroatoms. The Morgan fingerprint density at radius 3 is 2.57 bits per heavy atom. The summed E-state index contributed by atoms with van der Waals surface area (Å²) < 4.78 is 0. The fraction of sp³-hybridized carbons (Fsp3) is 0.200. The molecule has 0 saturated heterocycles. The van der Waals surface area contributed by atoms with Crippen molar-refractivity contribution in [1.82, 2.24) is 5.32 Å². The summed E-state index contributed by atoms with van der Waals surface area (Å²) in [6.45, 7) is 3.45. The number of rotatable bonds is 2. The second-order valence-electron chi connectivity index (χ2n) is 1.11. The summed E-state index contributed by atoms with van der Waals surface area (Å²) >= 11 is 0. The van der Waals surface area contributed by atoms with Crippen molar-refractivity contribution in [2.75, 3.05) is 7.05 Å². The van der Waals surface area contributed by atoms with Crippen LogP contribution in [0.3, 0.4) is 0 Å². The number of nitrogens with one attached hydrogen (secondary N) is 1. The summed E-state index contributed by atoms with van der Waals surface area (Å²) in [5, 5.41) is 2.73. The van der Waals surface area contributed by atoms with E-state index in [4.69, 9.17) is 5.73 Å². The van der Waals surface area contributed by atoms with E-state index >= 15 is 0 Å². The van der Waals surface area contributed by atoms with E-state index < -0.39 is 0 Å². The predicted molar refractivity (Wildman–Crippen MR) is 31.5 cm³/mol. The average molecular weight is 98.1 g/mol. The zero-order valence-electron chi connectivity index (χ0n) is 4.44. The van der Waals surface area contributed by atoms with Crippen molar-refractivity contribution in [2.24, 2.45) is 5.73 Å². The maximum absolute atomic E-state index is 5.26. The van der Waals surface area contributed by atoms with Crippen molar-refractivity contribution >= 4 is 0 Å². The van der Waals surface area contributed by atoms with Gasteiger partial charge in [0.2, 0.25) is 0 Å². The number of hydrogen-bond acceptors (Lipinski definition) is 2. The van der Waals surface area contributed by atoms with Gasteiger partial charge in [-0.15, -0.1) is 0 Å².